The van der Waals surface area contributed by atoms with E-state index in [1.54, 1.807) is 7.11 Å². The van der Waals surface area contributed by atoms with Gasteiger partial charge in [-0.05, 0) is 35.7 Å². The van der Waals surface area contributed by atoms with Crippen LogP contribution in [0.25, 0.3) is 0 Å². The van der Waals surface area contributed by atoms with Gasteiger partial charge in [0, 0.05) is 24.7 Å². The standard InChI is InChI=1S/C60H112O20/c1-8-10-12-16-59(3,4)55-52-54(53-56(58(55)62)60(5,6)17-13-11-9-2)14-15-57(61)80-51-50-79-49-48-78-47-46-77-45-44-76-43-42-75-41-40-74-39-38-73-37-36-72-35-34-71-33-32-70-31-30-69-29-28-68-27-26-67-25-24-66-23-22-65-21-20-64-19-18-63-7/h52-53,62H,8-51H2,1-7H3. The van der Waals surface area contributed by atoms with E-state index in [2.05, 4.69) is 53.7 Å². The second-order valence-corrected chi connectivity index (χ2v) is 20.2. The van der Waals surface area contributed by atoms with E-state index in [9.17, 15) is 9.90 Å². The van der Waals surface area contributed by atoms with Crippen molar-refractivity contribution < 1.29 is 95.2 Å². The van der Waals surface area contributed by atoms with Gasteiger partial charge in [-0.3, -0.25) is 4.79 Å². The zero-order chi connectivity index (χ0) is 58.1. The molecule has 0 aliphatic carbocycles. The Kier molecular flexibility index (Phi) is 53.0. The Labute approximate surface area is 482 Å². The van der Waals surface area contributed by atoms with Crippen molar-refractivity contribution in [2.75, 3.05) is 232 Å². The molecule has 0 amide bonds. The highest BCUT2D eigenvalue weighted by Crippen LogP contribution is 2.44. The molecular weight excluding hydrogens is 1040 g/mol. The Morgan fingerprint density at radius 1 is 0.362 bits per heavy atom. The minimum absolute atomic E-state index is 0.177. The average molecular weight is 1150 g/mol. The number of hydrogen-bond donors (Lipinski definition) is 1. The summed E-state index contributed by atoms with van der Waals surface area (Å²) in [5, 5.41) is 11.6. The molecular formula is C60H112O20. The summed E-state index contributed by atoms with van der Waals surface area (Å²) in [5.41, 5.74) is 2.67. The maximum Gasteiger partial charge on any atom is 0.306 e. The fraction of sp³-hybridized carbons (Fsp3) is 0.883. The normalized spacial score (nSPS) is 12.1. The fourth-order valence-electron chi connectivity index (χ4n) is 7.85. The zero-order valence-corrected chi connectivity index (χ0v) is 51.0. The van der Waals surface area contributed by atoms with Gasteiger partial charge in [0.2, 0.25) is 0 Å². The molecule has 0 unspecified atom stereocenters. The van der Waals surface area contributed by atoms with Gasteiger partial charge in [0.1, 0.15) is 12.4 Å². The predicted octanol–water partition coefficient (Wildman–Crippen LogP) is 7.50. The molecule has 80 heavy (non-hydrogen) atoms. The maximum absolute atomic E-state index is 12.7. The van der Waals surface area contributed by atoms with Crippen molar-refractivity contribution >= 4 is 5.97 Å². The molecule has 0 aromatic heterocycles. The lowest BCUT2D eigenvalue weighted by molar-refractivity contribution is -0.145. The third-order valence-corrected chi connectivity index (χ3v) is 12.6. The smallest absolute Gasteiger partial charge is 0.306 e. The van der Waals surface area contributed by atoms with Crippen LogP contribution < -0.4 is 0 Å². The van der Waals surface area contributed by atoms with Gasteiger partial charge in [0.15, 0.2) is 0 Å². The van der Waals surface area contributed by atoms with E-state index in [1.165, 1.54) is 12.8 Å². The lowest BCUT2D eigenvalue weighted by Crippen LogP contribution is -2.23. The number of benzene rings is 1. The van der Waals surface area contributed by atoms with Crippen LogP contribution in [0.4, 0.5) is 0 Å². The number of methoxy groups -OCH3 is 1. The number of aryl methyl sites for hydroxylation is 1. The Bertz CT molecular complexity index is 1440. The van der Waals surface area contributed by atoms with Gasteiger partial charge in [-0.1, -0.05) is 92.2 Å². The van der Waals surface area contributed by atoms with Gasteiger partial charge < -0.3 is 90.4 Å². The second-order valence-electron chi connectivity index (χ2n) is 20.2. The monoisotopic (exact) mass is 1150 g/mol. The van der Waals surface area contributed by atoms with Gasteiger partial charge >= 0.3 is 5.97 Å². The van der Waals surface area contributed by atoms with Crippen molar-refractivity contribution in [3.8, 4) is 5.75 Å². The Hall–Kier alpha value is -2.19. The van der Waals surface area contributed by atoms with Crippen molar-refractivity contribution in [3.63, 3.8) is 0 Å². The highest BCUT2D eigenvalue weighted by molar-refractivity contribution is 5.69. The van der Waals surface area contributed by atoms with E-state index >= 15 is 0 Å². The molecule has 1 N–H and O–H groups in total. The van der Waals surface area contributed by atoms with Crippen molar-refractivity contribution in [2.45, 2.75) is 117 Å². The zero-order valence-electron chi connectivity index (χ0n) is 51.0. The highest BCUT2D eigenvalue weighted by Gasteiger charge is 2.31. The molecule has 0 aliphatic heterocycles. The lowest BCUT2D eigenvalue weighted by atomic mass is 9.73. The lowest BCUT2D eigenvalue weighted by Gasteiger charge is -2.32. The Morgan fingerprint density at radius 2 is 0.588 bits per heavy atom. The quantitative estimate of drug-likeness (QED) is 0.0496. The summed E-state index contributed by atoms with van der Waals surface area (Å²) in [4.78, 5) is 12.7. The van der Waals surface area contributed by atoms with Crippen LogP contribution in [0.3, 0.4) is 0 Å². The molecule has 0 saturated heterocycles. The van der Waals surface area contributed by atoms with Gasteiger partial charge in [0.25, 0.3) is 0 Å². The molecule has 1 rings (SSSR count). The van der Waals surface area contributed by atoms with Crippen LogP contribution >= 0.6 is 0 Å². The van der Waals surface area contributed by atoms with Crippen LogP contribution in [0.1, 0.15) is 116 Å². The van der Waals surface area contributed by atoms with E-state index in [0.717, 1.165) is 55.2 Å². The summed E-state index contributed by atoms with van der Waals surface area (Å²) >= 11 is 0. The maximum atomic E-state index is 12.7. The number of carbonyl (C=O) groups excluding carboxylic acids is 1. The average Bonchev–Trinajstić information content (AvgIpc) is 3.44. The van der Waals surface area contributed by atoms with Crippen molar-refractivity contribution in [1.82, 2.24) is 0 Å². The third-order valence-electron chi connectivity index (χ3n) is 12.6. The topological polar surface area (TPSA) is 203 Å². The highest BCUT2D eigenvalue weighted by atomic mass is 16.6. The number of ether oxygens (including phenoxy) is 18. The SMILES string of the molecule is CCCCCC(C)(C)c1cc(CCC(=O)OCCOCCOCCOCCOCCOCCOCCOCCOCCOCCOCCOCCOCCOCCOCCOCCOCCOC)cc(C(C)(C)CCCCC)c1O. The third kappa shape index (κ3) is 46.2. The van der Waals surface area contributed by atoms with Gasteiger partial charge in [-0.2, -0.15) is 0 Å². The number of carbonyl (C=O) groups is 1. The van der Waals surface area contributed by atoms with Crippen molar-refractivity contribution in [1.29, 1.82) is 0 Å². The van der Waals surface area contributed by atoms with Gasteiger partial charge in [-0.15, -0.1) is 0 Å². The molecule has 0 bridgehead atoms. The fourth-order valence-corrected chi connectivity index (χ4v) is 7.85. The van der Waals surface area contributed by atoms with E-state index in [4.69, 9.17) is 85.3 Å². The van der Waals surface area contributed by atoms with Gasteiger partial charge in [-0.25, -0.2) is 0 Å². The van der Waals surface area contributed by atoms with Crippen LogP contribution in [-0.4, -0.2) is 243 Å². The van der Waals surface area contributed by atoms with Crippen molar-refractivity contribution in [2.24, 2.45) is 0 Å². The summed E-state index contributed by atoms with van der Waals surface area (Å²) < 4.78 is 98.6. The van der Waals surface area contributed by atoms with Crippen LogP contribution in [0.15, 0.2) is 12.1 Å². The van der Waals surface area contributed by atoms with Crippen molar-refractivity contribution in [3.05, 3.63) is 28.8 Å². The molecule has 0 aliphatic rings. The van der Waals surface area contributed by atoms with Crippen LogP contribution in [0.2, 0.25) is 0 Å². The molecule has 0 atom stereocenters. The van der Waals surface area contributed by atoms with Crippen LogP contribution in [-0.2, 0) is 107 Å². The number of unbranched alkanes of at least 4 members (excludes halogenated alkanes) is 4. The predicted molar refractivity (Wildman–Crippen MR) is 307 cm³/mol. The minimum Gasteiger partial charge on any atom is -0.507 e. The molecule has 20 heteroatoms. The molecule has 472 valence electrons. The minimum atomic E-state index is -0.258. The number of phenolic OH excluding ortho intramolecular Hbond substituents is 1. The number of esters is 1. The number of rotatable bonds is 64. The molecule has 1 aromatic rings. The molecule has 20 nitrogen and oxygen atoms in total. The first kappa shape index (κ1) is 75.8. The summed E-state index contributed by atoms with van der Waals surface area (Å²) in [6, 6.07) is 4.23. The first-order valence-electron chi connectivity index (χ1n) is 29.8. The van der Waals surface area contributed by atoms with E-state index in [1.807, 2.05) is 0 Å². The number of phenols is 1. The molecule has 0 saturated carbocycles. The van der Waals surface area contributed by atoms with E-state index < -0.39 is 0 Å². The summed E-state index contributed by atoms with van der Waals surface area (Å²) in [6.45, 7) is 29.5. The molecule has 0 fully saturated rings. The van der Waals surface area contributed by atoms with E-state index in [-0.39, 0.29) is 29.8 Å². The number of hydrogen-bond acceptors (Lipinski definition) is 20. The summed E-state index contributed by atoms with van der Waals surface area (Å²) in [5.74, 6) is 0.157. The summed E-state index contributed by atoms with van der Waals surface area (Å²) in [6.07, 6.45) is 9.70. The molecule has 0 heterocycles. The number of aromatic hydroxyl groups is 1. The molecule has 0 spiro atoms. The Morgan fingerprint density at radius 3 is 0.812 bits per heavy atom. The second kappa shape index (κ2) is 56.0. The first-order chi connectivity index (χ1) is 39.1. The van der Waals surface area contributed by atoms with Crippen LogP contribution in [0, 0.1) is 0 Å². The Balaban J connectivity index is 1.83. The van der Waals surface area contributed by atoms with E-state index in [0.29, 0.717) is 230 Å². The molecule has 0 radical (unpaired) electrons. The first-order valence-corrected chi connectivity index (χ1v) is 29.8. The van der Waals surface area contributed by atoms with Crippen LogP contribution in [0.5, 0.6) is 5.75 Å². The largest absolute Gasteiger partial charge is 0.507 e. The van der Waals surface area contributed by atoms with Gasteiger partial charge in [0.05, 0.1) is 218 Å². The summed E-state index contributed by atoms with van der Waals surface area (Å²) in [7, 11) is 1.64. The molecule has 1 aromatic carbocycles.